The Morgan fingerprint density at radius 3 is 2.30 bits per heavy atom. The molecule has 2 atom stereocenters. The Morgan fingerprint density at radius 2 is 1.74 bits per heavy atom. The van der Waals surface area contributed by atoms with Gasteiger partial charge in [-0.2, -0.15) is 0 Å². The van der Waals surface area contributed by atoms with E-state index in [2.05, 4.69) is 0 Å². The monoisotopic (exact) mass is 316 g/mol. The van der Waals surface area contributed by atoms with Crippen molar-refractivity contribution < 1.29 is 19.7 Å². The number of aliphatic carboxylic acids is 1. The summed E-state index contributed by atoms with van der Waals surface area (Å²) in [5, 5.41) is 19.8. The highest BCUT2D eigenvalue weighted by molar-refractivity contribution is 5.71. The fraction of sp³-hybridized carbons (Fsp3) is 0.316. The van der Waals surface area contributed by atoms with Gasteiger partial charge in [0.2, 0.25) is 0 Å². The first-order chi connectivity index (χ1) is 11.1. The van der Waals surface area contributed by atoms with E-state index in [4.69, 9.17) is 4.74 Å². The number of aryl methyl sites for hydroxylation is 1. The molecule has 0 saturated heterocycles. The summed E-state index contributed by atoms with van der Waals surface area (Å²) in [4.78, 5) is 11.5. The number of hydrogen-bond acceptors (Lipinski definition) is 3. The van der Waals surface area contributed by atoms with E-state index in [1.807, 2.05) is 30.3 Å². The van der Waals surface area contributed by atoms with Crippen LogP contribution in [0.15, 0.2) is 54.6 Å². The van der Waals surface area contributed by atoms with Crippen LogP contribution >= 0.6 is 0 Å². The van der Waals surface area contributed by atoms with E-state index in [1.54, 1.807) is 31.4 Å². The number of ether oxygens (including phenoxy) is 1. The molecule has 0 aliphatic heterocycles. The van der Waals surface area contributed by atoms with Crippen molar-refractivity contribution in [3.8, 4) is 5.75 Å². The maximum absolute atomic E-state index is 11.5. The smallest absolute Gasteiger partial charge is 0.309 e. The first-order valence-corrected chi connectivity index (χ1v) is 7.70. The lowest BCUT2D eigenvalue weighted by atomic mass is 9.97. The Hall–Kier alpha value is -2.33. The van der Waals surface area contributed by atoms with Gasteiger partial charge in [0.25, 0.3) is 0 Å². The molecular weight excluding hydrogens is 294 g/mol. The molecule has 0 aliphatic rings. The highest BCUT2D eigenvalue weighted by Gasteiger charge is 2.27. The summed E-state index contributed by atoms with van der Waals surface area (Å²) in [7, 11) is 1.56. The lowest BCUT2D eigenvalue weighted by molar-refractivity contribution is -0.146. The molecule has 0 heterocycles. The van der Waals surface area contributed by atoms with E-state index in [-0.39, 0.29) is 0 Å². The number of hydrogen-bond donors (Lipinski definition) is 2. The average molecular weight is 316 g/mol. The maximum atomic E-state index is 11.5. The maximum Gasteiger partial charge on any atom is 0.309 e. The van der Waals surface area contributed by atoms with Gasteiger partial charge in [-0.05, 0) is 42.5 Å². The Kier molecular flexibility index (Phi) is 6.18. The van der Waals surface area contributed by atoms with Crippen LogP contribution in [0.1, 0.15) is 30.1 Å². The van der Waals surface area contributed by atoms with Crippen LogP contribution in [0.3, 0.4) is 0 Å². The van der Waals surface area contributed by atoms with Gasteiger partial charge in [0.1, 0.15) is 5.75 Å². The SMILES string of the molecule is COc1ccc([C@H](O)[C@@H](CCCc2ccccc2)[14C](=O)O)cc1. The van der Waals surface area contributed by atoms with Crippen molar-refractivity contribution in [2.45, 2.75) is 25.4 Å². The van der Waals surface area contributed by atoms with Crippen LogP contribution in [0.4, 0.5) is 0 Å². The number of rotatable bonds is 8. The highest BCUT2D eigenvalue weighted by atomic mass is 16.6. The van der Waals surface area contributed by atoms with Gasteiger partial charge in [-0.1, -0.05) is 42.5 Å². The molecule has 0 unspecified atom stereocenters. The van der Waals surface area contributed by atoms with Gasteiger partial charge < -0.3 is 14.9 Å². The van der Waals surface area contributed by atoms with Crippen LogP contribution in [-0.4, -0.2) is 23.3 Å². The quantitative estimate of drug-likeness (QED) is 0.783. The van der Waals surface area contributed by atoms with Crippen LogP contribution in [0.2, 0.25) is 0 Å². The number of carboxylic acid groups (broad SMARTS) is 1. The molecule has 0 amide bonds. The van der Waals surface area contributed by atoms with Crippen molar-refractivity contribution in [1.29, 1.82) is 0 Å². The van der Waals surface area contributed by atoms with Gasteiger partial charge in [0.15, 0.2) is 0 Å². The molecule has 2 aromatic carbocycles. The third-order valence-corrected chi connectivity index (χ3v) is 3.98. The third kappa shape index (κ3) is 4.83. The standard InChI is InChI=1S/C19H22O4/c1-23-16-12-10-15(11-13-16)18(20)17(19(21)22)9-5-8-14-6-3-2-4-7-14/h2-4,6-7,10-13,17-18,20H,5,8-9H2,1H3,(H,21,22)/t17-,18+/m1/s1/i19+2. The van der Waals surface area contributed by atoms with Crippen LogP contribution < -0.4 is 4.74 Å². The van der Waals surface area contributed by atoms with Crippen LogP contribution in [0.5, 0.6) is 5.75 Å². The summed E-state index contributed by atoms with van der Waals surface area (Å²) < 4.78 is 5.07. The number of aliphatic hydroxyl groups excluding tert-OH is 1. The Bertz CT molecular complexity index is 607. The molecule has 2 N–H and O–H groups in total. The van der Waals surface area contributed by atoms with Crippen molar-refractivity contribution in [2.24, 2.45) is 5.92 Å². The number of aliphatic hydroxyl groups is 1. The van der Waals surface area contributed by atoms with Crippen LogP contribution in [-0.2, 0) is 11.2 Å². The molecule has 23 heavy (non-hydrogen) atoms. The molecule has 0 radical (unpaired) electrons. The van der Waals surface area contributed by atoms with Gasteiger partial charge in [-0.15, -0.1) is 0 Å². The minimum atomic E-state index is -1.02. The average Bonchev–Trinajstić information content (AvgIpc) is 2.59. The highest BCUT2D eigenvalue weighted by Crippen LogP contribution is 2.28. The fourth-order valence-corrected chi connectivity index (χ4v) is 2.62. The summed E-state index contributed by atoms with van der Waals surface area (Å²) in [5.74, 6) is -1.11. The first kappa shape index (κ1) is 17.0. The van der Waals surface area contributed by atoms with Crippen molar-refractivity contribution in [2.75, 3.05) is 7.11 Å². The first-order valence-electron chi connectivity index (χ1n) is 7.70. The zero-order valence-corrected chi connectivity index (χ0v) is 13.2. The van der Waals surface area contributed by atoms with Gasteiger partial charge in [-0.25, -0.2) is 0 Å². The summed E-state index contributed by atoms with van der Waals surface area (Å²) in [6.45, 7) is 0. The molecule has 0 saturated carbocycles. The molecule has 0 bridgehead atoms. The van der Waals surface area contributed by atoms with E-state index in [9.17, 15) is 15.0 Å². The number of methoxy groups -OCH3 is 1. The Balaban J connectivity index is 1.97. The molecule has 0 aliphatic carbocycles. The second-order valence-electron chi connectivity index (χ2n) is 5.54. The minimum Gasteiger partial charge on any atom is -0.497 e. The van der Waals surface area contributed by atoms with Crippen molar-refractivity contribution >= 4 is 5.97 Å². The fourth-order valence-electron chi connectivity index (χ4n) is 2.62. The molecule has 0 aromatic heterocycles. The molecular formula is C19H22O4. The van der Waals surface area contributed by atoms with Gasteiger partial charge in [-0.3, -0.25) is 4.79 Å². The zero-order valence-electron chi connectivity index (χ0n) is 13.2. The summed E-state index contributed by atoms with van der Waals surface area (Å²) >= 11 is 0. The minimum absolute atomic E-state index is 0.428. The predicted molar refractivity (Wildman–Crippen MR) is 88.5 cm³/mol. The van der Waals surface area contributed by atoms with E-state index >= 15 is 0 Å². The largest absolute Gasteiger partial charge is 0.497 e. The summed E-state index contributed by atoms with van der Waals surface area (Å²) in [6.07, 6.45) is 0.931. The van der Waals surface area contributed by atoms with Crippen molar-refractivity contribution in [3.05, 3.63) is 65.7 Å². The van der Waals surface area contributed by atoms with E-state index < -0.39 is 18.0 Å². The second kappa shape index (κ2) is 8.34. The van der Waals surface area contributed by atoms with Crippen LogP contribution in [0, 0.1) is 5.92 Å². The van der Waals surface area contributed by atoms with Gasteiger partial charge in [0, 0.05) is 0 Å². The molecule has 0 spiro atoms. The summed E-state index contributed by atoms with van der Waals surface area (Å²) in [6, 6.07) is 16.8. The van der Waals surface area contributed by atoms with Crippen molar-refractivity contribution in [1.82, 2.24) is 0 Å². The van der Waals surface area contributed by atoms with Gasteiger partial charge >= 0.3 is 5.97 Å². The molecule has 4 nitrogen and oxygen atoms in total. The molecule has 122 valence electrons. The number of benzene rings is 2. The lowest BCUT2D eigenvalue weighted by Gasteiger charge is -2.19. The van der Waals surface area contributed by atoms with E-state index in [0.717, 1.165) is 6.42 Å². The summed E-state index contributed by atoms with van der Waals surface area (Å²) in [5.41, 5.74) is 1.77. The third-order valence-electron chi connectivity index (χ3n) is 3.98. The normalized spacial score (nSPS) is 13.3. The molecule has 2 aromatic rings. The van der Waals surface area contributed by atoms with E-state index in [0.29, 0.717) is 24.2 Å². The zero-order chi connectivity index (χ0) is 16.7. The van der Waals surface area contributed by atoms with Crippen LogP contribution in [0.25, 0.3) is 0 Å². The van der Waals surface area contributed by atoms with E-state index in [1.165, 1.54) is 5.56 Å². The second-order valence-corrected chi connectivity index (χ2v) is 5.54. The lowest BCUT2D eigenvalue weighted by Crippen LogP contribution is -2.22. The number of carbonyl (C=O) groups is 1. The molecule has 0 fully saturated rings. The molecule has 4 heteroatoms. The Labute approximate surface area is 136 Å². The number of carboxylic acids is 1. The topological polar surface area (TPSA) is 66.8 Å². The molecule has 2 rings (SSSR count). The van der Waals surface area contributed by atoms with Crippen molar-refractivity contribution in [3.63, 3.8) is 0 Å². The Morgan fingerprint density at radius 1 is 1.09 bits per heavy atom. The predicted octanol–water partition coefficient (Wildman–Crippen LogP) is 3.45. The van der Waals surface area contributed by atoms with Gasteiger partial charge in [0.05, 0.1) is 19.1 Å².